The third-order valence-electron chi connectivity index (χ3n) is 9.79. The minimum absolute atomic E-state index is 0.122. The lowest BCUT2D eigenvalue weighted by molar-refractivity contribution is -0.255. The summed E-state index contributed by atoms with van der Waals surface area (Å²) in [5.74, 6) is -0.149. The van der Waals surface area contributed by atoms with Crippen molar-refractivity contribution in [1.29, 1.82) is 0 Å². The number of aliphatic hydroxyl groups excluding tert-OH is 2. The van der Waals surface area contributed by atoms with E-state index in [1.54, 1.807) is 17.1 Å². The van der Waals surface area contributed by atoms with Crippen LogP contribution in [0.5, 0.6) is 11.5 Å². The van der Waals surface area contributed by atoms with E-state index in [1.807, 2.05) is 46.8 Å². The molecule has 0 aromatic heterocycles. The van der Waals surface area contributed by atoms with Crippen LogP contribution in [0.15, 0.2) is 60.3 Å². The third kappa shape index (κ3) is 8.93. The second-order valence-electron chi connectivity index (χ2n) is 14.5. The van der Waals surface area contributed by atoms with Gasteiger partial charge in [-0.2, -0.15) is 0 Å². The number of unbranched alkanes of at least 4 members (excludes halogenated alkanes) is 2. The van der Waals surface area contributed by atoms with Crippen molar-refractivity contribution in [2.75, 3.05) is 39.6 Å². The van der Waals surface area contributed by atoms with E-state index >= 15 is 0 Å². The van der Waals surface area contributed by atoms with Gasteiger partial charge in [0.05, 0.1) is 24.8 Å². The lowest BCUT2D eigenvalue weighted by atomic mass is 9.55. The molecule has 0 saturated heterocycles. The topological polar surface area (TPSA) is 119 Å². The van der Waals surface area contributed by atoms with Gasteiger partial charge in [-0.3, -0.25) is 4.90 Å². The third-order valence-corrected chi connectivity index (χ3v) is 9.79. The van der Waals surface area contributed by atoms with Gasteiger partial charge in [-0.25, -0.2) is 4.79 Å². The van der Waals surface area contributed by atoms with Crippen LogP contribution in [0.1, 0.15) is 97.5 Å². The molecule has 10 heteroatoms. The SMILES string of the molecule is C=CCOc1ccc2c(c1)C1C(CCCCO)C(CCCCO)C=C3C(=NOC(C)(C)C)CC(N(CCC)C(=O)OCC)C(OCC=C)(O2)C31. The molecule has 2 aliphatic carbocycles. The summed E-state index contributed by atoms with van der Waals surface area (Å²) in [6.45, 7) is 19.0. The zero-order chi connectivity index (χ0) is 36.3. The predicted octanol–water partition coefficient (Wildman–Crippen LogP) is 7.55. The Kier molecular flexibility index (Phi) is 14.4. The van der Waals surface area contributed by atoms with E-state index in [-0.39, 0.29) is 50.1 Å². The Morgan fingerprint density at radius 3 is 2.44 bits per heavy atom. The molecule has 4 rings (SSSR count). The van der Waals surface area contributed by atoms with Crippen molar-refractivity contribution in [1.82, 2.24) is 4.90 Å². The fraction of sp³-hybridized carbons (Fsp3) is 0.650. The molecule has 2 N–H and O–H groups in total. The smallest absolute Gasteiger partial charge is 0.410 e. The average Bonchev–Trinajstić information content (AvgIpc) is 3.09. The zero-order valence-corrected chi connectivity index (χ0v) is 30.9. The standard InChI is InChI=1S/C40H60N2O8/c1-8-20-42(38(45)46-11-4)35-27-33(41-50-39(5,6)7)31-25-28(16-12-14-21-43)30(17-13-15-22-44)36-32-26-29(47-23-9-2)18-19-34(32)49-40(35,37(31)36)48-24-10-3/h9-10,18-19,25-26,28,30,35-37,43-44H,2-3,8,11-17,20-24,27H2,1,4-7H3. The average molecular weight is 697 g/mol. The highest BCUT2D eigenvalue weighted by Gasteiger charge is 2.65. The quantitative estimate of drug-likeness (QED) is 0.0865. The summed E-state index contributed by atoms with van der Waals surface area (Å²) in [7, 11) is 0. The maximum absolute atomic E-state index is 13.8. The summed E-state index contributed by atoms with van der Waals surface area (Å²) < 4.78 is 25.9. The second kappa shape index (κ2) is 18.2. The Morgan fingerprint density at radius 2 is 1.80 bits per heavy atom. The van der Waals surface area contributed by atoms with Crippen LogP contribution < -0.4 is 9.47 Å². The molecule has 1 heterocycles. The van der Waals surface area contributed by atoms with Crippen LogP contribution in [0.3, 0.4) is 0 Å². The molecule has 278 valence electrons. The number of fused-ring (bicyclic) bond motifs is 2. The Bertz CT molecular complexity index is 1350. The van der Waals surface area contributed by atoms with Gasteiger partial charge in [-0.15, -0.1) is 6.58 Å². The van der Waals surface area contributed by atoms with Gasteiger partial charge in [-0.1, -0.05) is 49.7 Å². The van der Waals surface area contributed by atoms with Crippen molar-refractivity contribution >= 4 is 11.8 Å². The van der Waals surface area contributed by atoms with Crippen molar-refractivity contribution in [2.24, 2.45) is 22.9 Å². The first-order chi connectivity index (χ1) is 24.1. The Hall–Kier alpha value is -3.34. The molecule has 1 fully saturated rings. The fourth-order valence-corrected chi connectivity index (χ4v) is 7.91. The van der Waals surface area contributed by atoms with Crippen LogP contribution in [0.25, 0.3) is 0 Å². The van der Waals surface area contributed by atoms with Crippen LogP contribution in [-0.4, -0.2) is 83.9 Å². The van der Waals surface area contributed by atoms with Gasteiger partial charge in [0.2, 0.25) is 5.79 Å². The van der Waals surface area contributed by atoms with Crippen LogP contribution in [0, 0.1) is 17.8 Å². The van der Waals surface area contributed by atoms with E-state index < -0.39 is 23.5 Å². The molecule has 1 saturated carbocycles. The van der Waals surface area contributed by atoms with Crippen LogP contribution >= 0.6 is 0 Å². The van der Waals surface area contributed by atoms with E-state index in [1.165, 1.54) is 0 Å². The highest BCUT2D eigenvalue weighted by molar-refractivity contribution is 6.03. The van der Waals surface area contributed by atoms with E-state index in [0.29, 0.717) is 50.3 Å². The van der Waals surface area contributed by atoms with Gasteiger partial charge in [-0.05, 0) is 95.4 Å². The molecule has 50 heavy (non-hydrogen) atoms. The van der Waals surface area contributed by atoms with Gasteiger partial charge >= 0.3 is 6.09 Å². The molecule has 1 aromatic rings. The molecule has 1 aromatic carbocycles. The van der Waals surface area contributed by atoms with E-state index in [2.05, 4.69) is 25.3 Å². The molecule has 1 aliphatic heterocycles. The minimum Gasteiger partial charge on any atom is -0.490 e. The van der Waals surface area contributed by atoms with Crippen LogP contribution in [0.4, 0.5) is 4.79 Å². The normalized spacial score (nSPS) is 26.2. The fourth-order valence-electron chi connectivity index (χ4n) is 7.91. The highest BCUT2D eigenvalue weighted by Crippen LogP contribution is 2.62. The lowest BCUT2D eigenvalue weighted by Crippen LogP contribution is -2.70. The maximum Gasteiger partial charge on any atom is 0.410 e. The van der Waals surface area contributed by atoms with Gasteiger partial charge in [0.15, 0.2) is 0 Å². The summed E-state index contributed by atoms with van der Waals surface area (Å²) in [5.41, 5.74) is 2.22. The summed E-state index contributed by atoms with van der Waals surface area (Å²) in [5, 5.41) is 24.4. The molecule has 0 spiro atoms. The molecule has 6 atom stereocenters. The molecule has 6 unspecified atom stereocenters. The maximum atomic E-state index is 13.8. The van der Waals surface area contributed by atoms with Crippen molar-refractivity contribution < 1.29 is 38.8 Å². The summed E-state index contributed by atoms with van der Waals surface area (Å²) >= 11 is 0. The largest absolute Gasteiger partial charge is 0.490 e. The predicted molar refractivity (Wildman–Crippen MR) is 196 cm³/mol. The van der Waals surface area contributed by atoms with Crippen LogP contribution in [0.2, 0.25) is 0 Å². The first-order valence-corrected chi connectivity index (χ1v) is 18.5. The summed E-state index contributed by atoms with van der Waals surface area (Å²) in [6, 6.07) is 5.32. The molecule has 1 amide bonds. The number of carbonyl (C=O) groups is 1. The van der Waals surface area contributed by atoms with Crippen molar-refractivity contribution in [3.63, 3.8) is 0 Å². The van der Waals surface area contributed by atoms with Gasteiger partial charge < -0.3 is 34.0 Å². The van der Waals surface area contributed by atoms with E-state index in [0.717, 1.165) is 42.5 Å². The number of carbonyl (C=O) groups excluding carboxylic acids is 1. The number of benzene rings is 1. The minimum atomic E-state index is -1.31. The second-order valence-corrected chi connectivity index (χ2v) is 14.5. The summed E-state index contributed by atoms with van der Waals surface area (Å²) in [6.07, 6.45) is 11.2. The van der Waals surface area contributed by atoms with E-state index in [4.69, 9.17) is 28.9 Å². The molecule has 0 radical (unpaired) electrons. The number of allylic oxidation sites excluding steroid dienone is 1. The first-order valence-electron chi connectivity index (χ1n) is 18.5. The van der Waals surface area contributed by atoms with Gasteiger partial charge in [0.25, 0.3) is 0 Å². The molecular weight excluding hydrogens is 636 g/mol. The van der Waals surface area contributed by atoms with Crippen LogP contribution in [-0.2, 0) is 14.3 Å². The Morgan fingerprint density at radius 1 is 1.08 bits per heavy atom. The zero-order valence-electron chi connectivity index (χ0n) is 30.9. The van der Waals surface area contributed by atoms with Crippen molar-refractivity contribution in [3.05, 3.63) is 60.7 Å². The number of aliphatic hydroxyl groups is 2. The molecule has 0 bridgehead atoms. The number of rotatable bonds is 19. The number of hydrogen-bond acceptors (Lipinski definition) is 9. The monoisotopic (exact) mass is 696 g/mol. The number of amides is 1. The number of oxime groups is 1. The Balaban J connectivity index is 2.06. The molecule has 10 nitrogen and oxygen atoms in total. The molecular formula is C40H60N2O8. The Labute approximate surface area is 299 Å². The van der Waals surface area contributed by atoms with Crippen molar-refractivity contribution in [2.45, 2.75) is 109 Å². The first kappa shape index (κ1) is 39.4. The van der Waals surface area contributed by atoms with Gasteiger partial charge in [0.1, 0.15) is 29.7 Å². The van der Waals surface area contributed by atoms with E-state index in [9.17, 15) is 15.0 Å². The van der Waals surface area contributed by atoms with Gasteiger partial charge in [0, 0.05) is 37.7 Å². The number of ether oxygens (including phenoxy) is 4. The highest BCUT2D eigenvalue weighted by atomic mass is 16.7. The lowest BCUT2D eigenvalue weighted by Gasteiger charge is -2.60. The van der Waals surface area contributed by atoms with Crippen molar-refractivity contribution in [3.8, 4) is 11.5 Å². The summed E-state index contributed by atoms with van der Waals surface area (Å²) in [4.78, 5) is 21.7. The number of hydrogen-bond donors (Lipinski definition) is 2. The number of nitrogens with zero attached hydrogens (tertiary/aromatic N) is 2. The molecule has 3 aliphatic rings.